The van der Waals surface area contributed by atoms with Crippen molar-refractivity contribution in [1.82, 2.24) is 5.32 Å². The van der Waals surface area contributed by atoms with E-state index in [1.807, 2.05) is 23.9 Å². The third-order valence-corrected chi connectivity index (χ3v) is 5.03. The molecule has 112 valence electrons. The van der Waals surface area contributed by atoms with Crippen molar-refractivity contribution in [2.75, 3.05) is 12.3 Å². The molecule has 0 heterocycles. The van der Waals surface area contributed by atoms with Crippen molar-refractivity contribution < 1.29 is 0 Å². The standard InChI is InChI=1S/C18H22ClNS/c1-3-12-20-17(15-9-5-6-10-16(15)19)13-21-18-11-7-4-8-14(18)2/h4-11,17,20H,3,12-13H2,1-2H3. The van der Waals surface area contributed by atoms with Crippen molar-refractivity contribution in [3.63, 3.8) is 0 Å². The van der Waals surface area contributed by atoms with Crippen LogP contribution in [0.25, 0.3) is 0 Å². The molecule has 0 saturated heterocycles. The number of thioether (sulfide) groups is 1. The molecule has 3 heteroatoms. The van der Waals surface area contributed by atoms with Crippen LogP contribution in [-0.4, -0.2) is 12.3 Å². The van der Waals surface area contributed by atoms with Gasteiger partial charge in [0.1, 0.15) is 0 Å². The van der Waals surface area contributed by atoms with E-state index in [1.165, 1.54) is 16.0 Å². The van der Waals surface area contributed by atoms with Gasteiger partial charge in [-0.3, -0.25) is 0 Å². The summed E-state index contributed by atoms with van der Waals surface area (Å²) in [6.07, 6.45) is 1.12. The first kappa shape index (κ1) is 16.4. The molecule has 1 nitrogen and oxygen atoms in total. The number of benzene rings is 2. The van der Waals surface area contributed by atoms with Crippen LogP contribution in [-0.2, 0) is 0 Å². The fourth-order valence-corrected chi connectivity index (χ4v) is 3.61. The Morgan fingerprint density at radius 2 is 1.81 bits per heavy atom. The van der Waals surface area contributed by atoms with Crippen LogP contribution in [0.5, 0.6) is 0 Å². The van der Waals surface area contributed by atoms with Crippen LogP contribution >= 0.6 is 23.4 Å². The third kappa shape index (κ3) is 4.77. The highest BCUT2D eigenvalue weighted by molar-refractivity contribution is 7.99. The van der Waals surface area contributed by atoms with Gasteiger partial charge in [-0.1, -0.05) is 54.9 Å². The van der Waals surface area contributed by atoms with Crippen LogP contribution in [0.2, 0.25) is 5.02 Å². The van der Waals surface area contributed by atoms with E-state index >= 15 is 0 Å². The summed E-state index contributed by atoms with van der Waals surface area (Å²) in [6, 6.07) is 16.9. The van der Waals surface area contributed by atoms with Gasteiger partial charge in [0.2, 0.25) is 0 Å². The van der Waals surface area contributed by atoms with E-state index in [0.717, 1.165) is 23.7 Å². The van der Waals surface area contributed by atoms with Gasteiger partial charge < -0.3 is 5.32 Å². The molecule has 0 bridgehead atoms. The summed E-state index contributed by atoms with van der Waals surface area (Å²) >= 11 is 8.25. The molecule has 0 aromatic heterocycles. The van der Waals surface area contributed by atoms with Crippen molar-refractivity contribution in [3.05, 3.63) is 64.7 Å². The molecule has 0 spiro atoms. The summed E-state index contributed by atoms with van der Waals surface area (Å²) in [5.74, 6) is 0.981. The average molecular weight is 320 g/mol. The van der Waals surface area contributed by atoms with Crippen LogP contribution in [0.4, 0.5) is 0 Å². The number of rotatable bonds is 7. The van der Waals surface area contributed by atoms with Gasteiger partial charge >= 0.3 is 0 Å². The molecule has 2 rings (SSSR count). The molecule has 21 heavy (non-hydrogen) atoms. The molecular formula is C18H22ClNS. The molecule has 1 atom stereocenters. The van der Waals surface area contributed by atoms with Gasteiger partial charge in [-0.05, 0) is 43.1 Å². The second-order valence-corrected chi connectivity index (χ2v) is 6.57. The van der Waals surface area contributed by atoms with E-state index in [4.69, 9.17) is 11.6 Å². The Morgan fingerprint density at radius 1 is 1.10 bits per heavy atom. The van der Waals surface area contributed by atoms with Gasteiger partial charge in [-0.25, -0.2) is 0 Å². The van der Waals surface area contributed by atoms with Gasteiger partial charge in [0.25, 0.3) is 0 Å². The summed E-state index contributed by atoms with van der Waals surface area (Å²) in [7, 11) is 0. The molecule has 0 aliphatic rings. The molecule has 2 aromatic carbocycles. The maximum Gasteiger partial charge on any atom is 0.0454 e. The fraction of sp³-hybridized carbons (Fsp3) is 0.333. The Balaban J connectivity index is 2.10. The van der Waals surface area contributed by atoms with E-state index in [0.29, 0.717) is 0 Å². The molecule has 2 aromatic rings. The molecular weight excluding hydrogens is 298 g/mol. The van der Waals surface area contributed by atoms with Crippen LogP contribution in [0.1, 0.15) is 30.5 Å². The summed E-state index contributed by atoms with van der Waals surface area (Å²) in [4.78, 5) is 1.34. The Labute approximate surface area is 137 Å². The highest BCUT2D eigenvalue weighted by Crippen LogP contribution is 2.30. The Bertz CT molecular complexity index is 571. The molecule has 0 aliphatic heterocycles. The molecule has 0 amide bonds. The zero-order valence-corrected chi connectivity index (χ0v) is 14.2. The number of aryl methyl sites for hydroxylation is 1. The molecule has 0 fully saturated rings. The van der Waals surface area contributed by atoms with E-state index in [-0.39, 0.29) is 6.04 Å². The molecule has 0 saturated carbocycles. The minimum Gasteiger partial charge on any atom is -0.309 e. The molecule has 1 N–H and O–H groups in total. The number of hydrogen-bond acceptors (Lipinski definition) is 2. The molecule has 0 radical (unpaired) electrons. The maximum atomic E-state index is 6.36. The lowest BCUT2D eigenvalue weighted by Gasteiger charge is -2.20. The minimum atomic E-state index is 0.281. The predicted molar refractivity (Wildman–Crippen MR) is 94.4 cm³/mol. The summed E-state index contributed by atoms with van der Waals surface area (Å²) < 4.78 is 0. The summed E-state index contributed by atoms with van der Waals surface area (Å²) in [6.45, 7) is 5.35. The van der Waals surface area contributed by atoms with Crippen LogP contribution in [0.15, 0.2) is 53.4 Å². The first-order valence-corrected chi connectivity index (χ1v) is 8.75. The highest BCUT2D eigenvalue weighted by Gasteiger charge is 2.14. The van der Waals surface area contributed by atoms with Crippen molar-refractivity contribution in [2.24, 2.45) is 0 Å². The lowest BCUT2D eigenvalue weighted by atomic mass is 10.1. The van der Waals surface area contributed by atoms with Crippen molar-refractivity contribution in [2.45, 2.75) is 31.2 Å². The van der Waals surface area contributed by atoms with Crippen LogP contribution in [0, 0.1) is 6.92 Å². The highest BCUT2D eigenvalue weighted by atomic mass is 35.5. The van der Waals surface area contributed by atoms with Crippen LogP contribution < -0.4 is 5.32 Å². The largest absolute Gasteiger partial charge is 0.309 e. The first-order chi connectivity index (χ1) is 10.2. The van der Waals surface area contributed by atoms with Crippen molar-refractivity contribution in [3.8, 4) is 0 Å². The van der Waals surface area contributed by atoms with Crippen LogP contribution in [0.3, 0.4) is 0 Å². The lowest BCUT2D eigenvalue weighted by molar-refractivity contribution is 0.577. The zero-order valence-electron chi connectivity index (χ0n) is 12.6. The lowest BCUT2D eigenvalue weighted by Crippen LogP contribution is -2.24. The summed E-state index contributed by atoms with van der Waals surface area (Å²) in [5, 5.41) is 4.45. The fourth-order valence-electron chi connectivity index (χ4n) is 2.23. The maximum absolute atomic E-state index is 6.36. The van der Waals surface area contributed by atoms with E-state index in [2.05, 4.69) is 55.6 Å². The molecule has 1 unspecified atom stereocenters. The SMILES string of the molecule is CCCNC(CSc1ccccc1C)c1ccccc1Cl. The summed E-state index contributed by atoms with van der Waals surface area (Å²) in [5.41, 5.74) is 2.52. The van der Waals surface area contributed by atoms with E-state index in [9.17, 15) is 0 Å². The number of halogens is 1. The minimum absolute atomic E-state index is 0.281. The van der Waals surface area contributed by atoms with Crippen molar-refractivity contribution in [1.29, 1.82) is 0 Å². The van der Waals surface area contributed by atoms with Gasteiger partial charge in [0, 0.05) is 21.7 Å². The quantitative estimate of drug-likeness (QED) is 0.678. The zero-order chi connectivity index (χ0) is 15.1. The smallest absolute Gasteiger partial charge is 0.0454 e. The third-order valence-electron chi connectivity index (χ3n) is 3.42. The number of nitrogens with one attached hydrogen (secondary N) is 1. The first-order valence-electron chi connectivity index (χ1n) is 7.38. The number of hydrogen-bond donors (Lipinski definition) is 1. The van der Waals surface area contributed by atoms with E-state index < -0.39 is 0 Å². The predicted octanol–water partition coefficient (Wildman–Crippen LogP) is 5.48. The normalized spacial score (nSPS) is 12.3. The van der Waals surface area contributed by atoms with Gasteiger partial charge in [0.05, 0.1) is 0 Å². The van der Waals surface area contributed by atoms with E-state index in [1.54, 1.807) is 0 Å². The topological polar surface area (TPSA) is 12.0 Å². The average Bonchev–Trinajstić information content (AvgIpc) is 2.50. The second-order valence-electron chi connectivity index (χ2n) is 5.10. The molecule has 0 aliphatic carbocycles. The van der Waals surface area contributed by atoms with Gasteiger partial charge in [-0.15, -0.1) is 11.8 Å². The van der Waals surface area contributed by atoms with Gasteiger partial charge in [-0.2, -0.15) is 0 Å². The Kier molecular flexibility index (Phi) is 6.62. The van der Waals surface area contributed by atoms with Gasteiger partial charge in [0.15, 0.2) is 0 Å². The monoisotopic (exact) mass is 319 g/mol. The Morgan fingerprint density at radius 3 is 2.52 bits per heavy atom. The van der Waals surface area contributed by atoms with Crippen molar-refractivity contribution >= 4 is 23.4 Å². The second kappa shape index (κ2) is 8.47. The Hall–Kier alpha value is -0.960.